The van der Waals surface area contributed by atoms with Crippen LogP contribution in [-0.2, 0) is 16.1 Å². The van der Waals surface area contributed by atoms with Gasteiger partial charge in [0.1, 0.15) is 11.6 Å². The van der Waals surface area contributed by atoms with Gasteiger partial charge >= 0.3 is 0 Å². The fourth-order valence-electron chi connectivity index (χ4n) is 3.61. The maximum atomic E-state index is 13.3. The van der Waals surface area contributed by atoms with Crippen LogP contribution in [0.1, 0.15) is 22.7 Å². The minimum Gasteiger partial charge on any atom is -0.507 e. The quantitative estimate of drug-likeness (QED) is 0.216. The fourth-order valence-corrected chi connectivity index (χ4v) is 3.61. The van der Waals surface area contributed by atoms with Gasteiger partial charge < -0.3 is 10.0 Å². The van der Waals surface area contributed by atoms with E-state index in [2.05, 4.69) is 4.98 Å². The first kappa shape index (κ1) is 20.9. The third-order valence-corrected chi connectivity index (χ3v) is 5.16. The summed E-state index contributed by atoms with van der Waals surface area (Å²) in [6.07, 6.45) is 3.02. The molecule has 1 atom stereocenters. The number of aromatic nitrogens is 1. The van der Waals surface area contributed by atoms with E-state index in [0.717, 1.165) is 0 Å². The number of hydrogen-bond acceptors (Lipinski definition) is 6. The second-order valence-corrected chi connectivity index (χ2v) is 7.14. The van der Waals surface area contributed by atoms with Crippen LogP contribution in [0.3, 0.4) is 0 Å². The van der Waals surface area contributed by atoms with Gasteiger partial charge in [-0.2, -0.15) is 0 Å². The number of likely N-dealkylation sites (tertiary alicyclic amines) is 1. The zero-order valence-corrected chi connectivity index (χ0v) is 16.5. The Kier molecular flexibility index (Phi) is 5.46. The van der Waals surface area contributed by atoms with Crippen molar-refractivity contribution in [2.45, 2.75) is 12.6 Å². The van der Waals surface area contributed by atoms with Crippen LogP contribution in [0.2, 0.25) is 0 Å². The lowest BCUT2D eigenvalue weighted by molar-refractivity contribution is -0.384. The Morgan fingerprint density at radius 3 is 2.38 bits per heavy atom. The first-order valence-corrected chi connectivity index (χ1v) is 9.54. The third-order valence-electron chi connectivity index (χ3n) is 5.16. The first-order chi connectivity index (χ1) is 15.4. The summed E-state index contributed by atoms with van der Waals surface area (Å²) < 4.78 is 13.3. The maximum Gasteiger partial charge on any atom is 0.295 e. The van der Waals surface area contributed by atoms with Gasteiger partial charge in [0.25, 0.3) is 17.4 Å². The van der Waals surface area contributed by atoms with E-state index < -0.39 is 34.2 Å². The molecule has 1 amide bonds. The van der Waals surface area contributed by atoms with Gasteiger partial charge in [0.05, 0.1) is 16.5 Å². The molecule has 2 heterocycles. The standard InChI is InChI=1S/C23H16FN3O5/c24-17-7-3-14(4-8-17)13-26-20(16-2-1-11-25-12-16)19(22(29)23(26)30)21(28)15-5-9-18(10-6-15)27(31)32/h1-12,20,28H,13H2/b21-19-. The number of aliphatic hydroxyl groups is 1. The molecule has 0 bridgehead atoms. The van der Waals surface area contributed by atoms with Gasteiger partial charge in [-0.1, -0.05) is 18.2 Å². The number of hydrogen-bond donors (Lipinski definition) is 1. The number of ketones is 1. The van der Waals surface area contributed by atoms with Crippen LogP contribution in [0.15, 0.2) is 78.6 Å². The molecule has 0 saturated carbocycles. The van der Waals surface area contributed by atoms with E-state index in [1.807, 2.05) is 0 Å². The molecular weight excluding hydrogens is 417 g/mol. The van der Waals surface area contributed by atoms with E-state index in [1.165, 1.54) is 65.8 Å². The van der Waals surface area contributed by atoms with Crippen LogP contribution in [0.4, 0.5) is 10.1 Å². The average molecular weight is 433 g/mol. The Morgan fingerprint density at radius 1 is 1.09 bits per heavy atom. The van der Waals surface area contributed by atoms with Gasteiger partial charge in [-0.25, -0.2) is 4.39 Å². The highest BCUT2D eigenvalue weighted by Crippen LogP contribution is 2.40. The van der Waals surface area contributed by atoms with Crippen LogP contribution >= 0.6 is 0 Å². The predicted molar refractivity (Wildman–Crippen MR) is 112 cm³/mol. The van der Waals surface area contributed by atoms with Gasteiger partial charge in [-0.3, -0.25) is 24.7 Å². The number of non-ortho nitro benzene ring substituents is 1. The van der Waals surface area contributed by atoms with E-state index >= 15 is 0 Å². The van der Waals surface area contributed by atoms with E-state index in [9.17, 15) is 29.2 Å². The molecule has 1 saturated heterocycles. The molecule has 32 heavy (non-hydrogen) atoms. The SMILES string of the molecule is O=C1C(=O)N(Cc2ccc(F)cc2)C(c2cccnc2)/C1=C(/O)c1ccc([N+](=O)[O-])cc1. The molecule has 9 heteroatoms. The highest BCUT2D eigenvalue weighted by atomic mass is 19.1. The first-order valence-electron chi connectivity index (χ1n) is 9.54. The van der Waals surface area contributed by atoms with Gasteiger partial charge in [0.15, 0.2) is 0 Å². The van der Waals surface area contributed by atoms with Crippen LogP contribution in [0.5, 0.6) is 0 Å². The highest BCUT2D eigenvalue weighted by molar-refractivity contribution is 6.46. The molecule has 0 radical (unpaired) electrons. The maximum absolute atomic E-state index is 13.3. The second kappa shape index (κ2) is 8.38. The molecule has 0 aliphatic carbocycles. The number of pyridine rings is 1. The Bertz CT molecular complexity index is 1220. The largest absolute Gasteiger partial charge is 0.507 e. The number of benzene rings is 2. The van der Waals surface area contributed by atoms with Crippen molar-refractivity contribution in [2.24, 2.45) is 0 Å². The summed E-state index contributed by atoms with van der Waals surface area (Å²) in [5.41, 5.74) is 0.917. The third kappa shape index (κ3) is 3.83. The lowest BCUT2D eigenvalue weighted by Gasteiger charge is -2.25. The summed E-state index contributed by atoms with van der Waals surface area (Å²) in [5.74, 6) is -2.60. The lowest BCUT2D eigenvalue weighted by Crippen LogP contribution is -2.29. The summed E-state index contributed by atoms with van der Waals surface area (Å²) in [5, 5.41) is 21.8. The monoisotopic (exact) mass is 433 g/mol. The number of amides is 1. The van der Waals surface area contributed by atoms with Crippen molar-refractivity contribution in [3.63, 3.8) is 0 Å². The molecule has 0 spiro atoms. The Labute approximate surface area is 181 Å². The Morgan fingerprint density at radius 2 is 1.78 bits per heavy atom. The van der Waals surface area contributed by atoms with Crippen LogP contribution in [0.25, 0.3) is 5.76 Å². The molecular formula is C23H16FN3O5. The van der Waals surface area contributed by atoms with Crippen molar-refractivity contribution in [3.8, 4) is 0 Å². The number of aliphatic hydroxyl groups excluding tert-OH is 1. The topological polar surface area (TPSA) is 114 Å². The summed E-state index contributed by atoms with van der Waals surface area (Å²) >= 11 is 0. The van der Waals surface area contributed by atoms with Crippen molar-refractivity contribution in [2.75, 3.05) is 0 Å². The molecule has 2 aromatic carbocycles. The van der Waals surface area contributed by atoms with Gasteiger partial charge in [-0.15, -0.1) is 0 Å². The van der Waals surface area contributed by atoms with Gasteiger partial charge in [-0.05, 0) is 41.5 Å². The molecule has 8 nitrogen and oxygen atoms in total. The average Bonchev–Trinajstić information content (AvgIpc) is 3.05. The normalized spacial score (nSPS) is 17.5. The van der Waals surface area contributed by atoms with Crippen LogP contribution in [0, 0.1) is 15.9 Å². The number of nitro benzene ring substituents is 1. The molecule has 3 aromatic rings. The van der Waals surface area contributed by atoms with E-state index in [1.54, 1.807) is 12.1 Å². The summed E-state index contributed by atoms with van der Waals surface area (Å²) in [7, 11) is 0. The molecule has 160 valence electrons. The number of rotatable bonds is 5. The molecule has 1 unspecified atom stereocenters. The lowest BCUT2D eigenvalue weighted by atomic mass is 9.96. The summed E-state index contributed by atoms with van der Waals surface area (Å²) in [6.45, 7) is 0.00144. The Balaban J connectivity index is 1.81. The van der Waals surface area contributed by atoms with Crippen molar-refractivity contribution in [1.29, 1.82) is 0 Å². The highest BCUT2D eigenvalue weighted by Gasteiger charge is 2.46. The molecule has 1 aliphatic rings. The van der Waals surface area contributed by atoms with E-state index in [4.69, 9.17) is 0 Å². The predicted octanol–water partition coefficient (Wildman–Crippen LogP) is 3.75. The fraction of sp³-hybridized carbons (Fsp3) is 0.0870. The van der Waals surface area contributed by atoms with Crippen LogP contribution in [-0.4, -0.2) is 31.6 Å². The second-order valence-electron chi connectivity index (χ2n) is 7.14. The number of nitro groups is 1. The molecule has 4 rings (SSSR count). The zero-order valence-electron chi connectivity index (χ0n) is 16.5. The van der Waals surface area contributed by atoms with Crippen molar-refractivity contribution >= 4 is 23.1 Å². The number of halogens is 1. The van der Waals surface area contributed by atoms with E-state index in [0.29, 0.717) is 11.1 Å². The minimum atomic E-state index is -0.941. The Hall–Kier alpha value is -4.40. The molecule has 1 aromatic heterocycles. The number of nitrogens with zero attached hydrogens (tertiary/aromatic N) is 3. The molecule has 1 aliphatic heterocycles. The molecule has 1 fully saturated rings. The van der Waals surface area contributed by atoms with Crippen molar-refractivity contribution in [1.82, 2.24) is 9.88 Å². The molecule has 1 N–H and O–H groups in total. The minimum absolute atomic E-state index is 0.00144. The van der Waals surface area contributed by atoms with Crippen molar-refractivity contribution < 1.29 is 24.0 Å². The van der Waals surface area contributed by atoms with Gasteiger partial charge in [0.2, 0.25) is 0 Å². The van der Waals surface area contributed by atoms with Gasteiger partial charge in [0, 0.05) is 36.6 Å². The van der Waals surface area contributed by atoms with Crippen LogP contribution < -0.4 is 0 Å². The summed E-state index contributed by atoms with van der Waals surface area (Å²) in [6, 6.07) is 12.9. The zero-order chi connectivity index (χ0) is 22.8. The van der Waals surface area contributed by atoms with E-state index in [-0.39, 0.29) is 23.4 Å². The smallest absolute Gasteiger partial charge is 0.295 e. The number of Topliss-reactive ketones (excluding diaryl/α,β-unsaturated/α-hetero) is 1. The number of carbonyl (C=O) groups is 2. The summed E-state index contributed by atoms with van der Waals surface area (Å²) in [4.78, 5) is 41.5. The number of carbonyl (C=O) groups excluding carboxylic acids is 2. The van der Waals surface area contributed by atoms with Crippen molar-refractivity contribution in [3.05, 3.63) is 111 Å².